The highest BCUT2D eigenvalue weighted by Gasteiger charge is 2.36. The number of alkyl carbamates (subject to hydrolysis) is 1. The molecule has 1 atom stereocenters. The zero-order chi connectivity index (χ0) is 25.0. The molecule has 1 N–H and O–H groups in total. The molecule has 1 saturated heterocycles. The summed E-state index contributed by atoms with van der Waals surface area (Å²) in [4.78, 5) is 40.3. The summed E-state index contributed by atoms with van der Waals surface area (Å²) in [5.41, 5.74) is -0.304. The fraction of sp³-hybridized carbons (Fsp3) is 0.522. The number of rotatable bonds is 5. The molecule has 2 aliphatic rings. The minimum atomic E-state index is -0.816. The van der Waals surface area contributed by atoms with Gasteiger partial charge in [0.2, 0.25) is 0 Å². The lowest BCUT2D eigenvalue weighted by Crippen LogP contribution is -2.41. The third-order valence-electron chi connectivity index (χ3n) is 5.32. The maximum atomic E-state index is 15.2. The van der Waals surface area contributed by atoms with E-state index in [1.165, 1.54) is 25.2 Å². The van der Waals surface area contributed by atoms with Crippen molar-refractivity contribution in [3.8, 4) is 0 Å². The number of carbonyl (C=O) groups is 3. The van der Waals surface area contributed by atoms with Crippen molar-refractivity contribution in [3.05, 3.63) is 35.3 Å². The summed E-state index contributed by atoms with van der Waals surface area (Å²) in [6.45, 7) is 5.90. The lowest BCUT2D eigenvalue weighted by molar-refractivity contribution is -0.140. The quantitative estimate of drug-likeness (QED) is 0.503. The lowest BCUT2D eigenvalue weighted by atomic mass is 10.1. The molecule has 1 aromatic carbocycles. The van der Waals surface area contributed by atoms with Crippen LogP contribution in [-0.2, 0) is 28.5 Å². The van der Waals surface area contributed by atoms with Crippen LogP contribution in [0.3, 0.4) is 0 Å². The maximum absolute atomic E-state index is 15.2. The third kappa shape index (κ3) is 5.58. The highest BCUT2D eigenvalue weighted by atomic mass is 19.1. The highest BCUT2D eigenvalue weighted by Crippen LogP contribution is 2.38. The summed E-state index contributed by atoms with van der Waals surface area (Å²) in [6, 6.07) is 4.29. The van der Waals surface area contributed by atoms with Gasteiger partial charge in [-0.15, -0.1) is 0 Å². The normalized spacial score (nSPS) is 18.6. The second kappa shape index (κ2) is 10.3. The Balaban J connectivity index is 1.93. The average molecular weight is 480 g/mol. The lowest BCUT2D eigenvalue weighted by Gasteiger charge is -2.34. The van der Waals surface area contributed by atoms with Gasteiger partial charge in [-0.25, -0.2) is 18.8 Å². The first-order valence-corrected chi connectivity index (χ1v) is 10.8. The number of benzene rings is 1. The SMILES string of the molecule is COC(=O)C1=C(C(=O)OC)N(c2c(F)cccc2N2CCC(NC(=O)OC(C)(C)C)C2)COC1. The van der Waals surface area contributed by atoms with Gasteiger partial charge < -0.3 is 34.1 Å². The Morgan fingerprint density at radius 1 is 1.15 bits per heavy atom. The molecule has 0 saturated carbocycles. The zero-order valence-corrected chi connectivity index (χ0v) is 20.0. The van der Waals surface area contributed by atoms with Crippen molar-refractivity contribution in [2.75, 3.05) is 50.4 Å². The monoisotopic (exact) mass is 479 g/mol. The van der Waals surface area contributed by atoms with Crippen molar-refractivity contribution in [1.29, 1.82) is 0 Å². The van der Waals surface area contributed by atoms with Crippen LogP contribution in [0.2, 0.25) is 0 Å². The first-order chi connectivity index (χ1) is 16.1. The number of methoxy groups -OCH3 is 2. The van der Waals surface area contributed by atoms with E-state index in [2.05, 4.69) is 5.32 Å². The van der Waals surface area contributed by atoms with Crippen molar-refractivity contribution in [3.63, 3.8) is 0 Å². The van der Waals surface area contributed by atoms with Gasteiger partial charge >= 0.3 is 18.0 Å². The van der Waals surface area contributed by atoms with E-state index in [0.717, 1.165) is 0 Å². The van der Waals surface area contributed by atoms with E-state index in [9.17, 15) is 14.4 Å². The smallest absolute Gasteiger partial charge is 0.407 e. The van der Waals surface area contributed by atoms with Crippen LogP contribution in [0.4, 0.5) is 20.6 Å². The van der Waals surface area contributed by atoms with E-state index >= 15 is 4.39 Å². The van der Waals surface area contributed by atoms with Crippen LogP contribution in [0.25, 0.3) is 0 Å². The van der Waals surface area contributed by atoms with Gasteiger partial charge in [-0.3, -0.25) is 0 Å². The Labute approximate surface area is 197 Å². The number of hydrogen-bond donors (Lipinski definition) is 1. The van der Waals surface area contributed by atoms with Crippen LogP contribution < -0.4 is 15.1 Å². The molecule has 186 valence electrons. The third-order valence-corrected chi connectivity index (χ3v) is 5.32. The summed E-state index contributed by atoms with van der Waals surface area (Å²) in [5.74, 6) is -2.20. The number of anilines is 2. The van der Waals surface area contributed by atoms with Crippen molar-refractivity contribution < 1.29 is 37.7 Å². The van der Waals surface area contributed by atoms with Gasteiger partial charge in [0.1, 0.15) is 29.5 Å². The van der Waals surface area contributed by atoms with E-state index in [-0.39, 0.29) is 36.3 Å². The van der Waals surface area contributed by atoms with Crippen LogP contribution in [0.15, 0.2) is 29.5 Å². The van der Waals surface area contributed by atoms with Crippen molar-refractivity contribution >= 4 is 29.4 Å². The first-order valence-electron chi connectivity index (χ1n) is 10.8. The van der Waals surface area contributed by atoms with E-state index in [0.29, 0.717) is 25.2 Å². The predicted molar refractivity (Wildman–Crippen MR) is 121 cm³/mol. The van der Waals surface area contributed by atoms with Crippen LogP contribution in [0, 0.1) is 5.82 Å². The van der Waals surface area contributed by atoms with E-state index in [1.807, 2.05) is 4.90 Å². The molecule has 2 heterocycles. The Hall–Kier alpha value is -3.34. The molecule has 0 bridgehead atoms. The summed E-state index contributed by atoms with van der Waals surface area (Å²) in [5, 5.41) is 2.84. The summed E-state index contributed by atoms with van der Waals surface area (Å²) < 4.78 is 35.7. The largest absolute Gasteiger partial charge is 0.466 e. The summed E-state index contributed by atoms with van der Waals surface area (Å²) in [7, 11) is 2.35. The average Bonchev–Trinajstić information content (AvgIpc) is 3.24. The van der Waals surface area contributed by atoms with Crippen LogP contribution >= 0.6 is 0 Å². The van der Waals surface area contributed by atoms with E-state index in [4.69, 9.17) is 18.9 Å². The van der Waals surface area contributed by atoms with Crippen molar-refractivity contribution in [2.45, 2.75) is 38.8 Å². The minimum absolute atomic E-state index is 0.0573. The molecule has 2 aliphatic heterocycles. The molecule has 10 nitrogen and oxygen atoms in total. The molecule has 3 rings (SSSR count). The first kappa shape index (κ1) is 25.3. The molecule has 11 heteroatoms. The van der Waals surface area contributed by atoms with Gasteiger partial charge in [0.25, 0.3) is 0 Å². The van der Waals surface area contributed by atoms with Gasteiger partial charge in [-0.05, 0) is 39.3 Å². The molecule has 0 spiro atoms. The van der Waals surface area contributed by atoms with Gasteiger partial charge in [0, 0.05) is 13.1 Å². The standard InChI is InChI=1S/C23H30FN3O7/c1-23(2,3)34-22(30)25-14-9-10-26(11-14)17-8-6-7-16(24)19(17)27-13-33-12-15(20(28)31-4)18(27)21(29)32-5/h6-8,14H,9-13H2,1-5H3,(H,25,30). The van der Waals surface area contributed by atoms with Gasteiger partial charge in [0.15, 0.2) is 0 Å². The number of nitrogens with zero attached hydrogens (tertiary/aromatic N) is 2. The van der Waals surface area contributed by atoms with E-state index < -0.39 is 29.5 Å². The molecule has 1 amide bonds. The maximum Gasteiger partial charge on any atom is 0.407 e. The number of halogens is 1. The fourth-order valence-electron chi connectivity index (χ4n) is 3.92. The number of carbonyl (C=O) groups excluding carboxylic acids is 3. The van der Waals surface area contributed by atoms with Crippen molar-refractivity contribution in [2.24, 2.45) is 0 Å². The van der Waals surface area contributed by atoms with E-state index in [1.54, 1.807) is 32.9 Å². The number of esters is 2. The second-order valence-electron chi connectivity index (χ2n) is 8.90. The molecule has 1 fully saturated rings. The summed E-state index contributed by atoms with van der Waals surface area (Å²) >= 11 is 0. The molecule has 34 heavy (non-hydrogen) atoms. The van der Waals surface area contributed by atoms with Crippen molar-refractivity contribution in [1.82, 2.24) is 5.32 Å². The second-order valence-corrected chi connectivity index (χ2v) is 8.90. The molecule has 0 aliphatic carbocycles. The van der Waals surface area contributed by atoms with Crippen LogP contribution in [0.1, 0.15) is 27.2 Å². The number of nitrogens with one attached hydrogen (secondary N) is 1. The fourth-order valence-corrected chi connectivity index (χ4v) is 3.92. The number of amides is 1. The predicted octanol–water partition coefficient (Wildman–Crippen LogP) is 2.32. The number of hydrogen-bond acceptors (Lipinski definition) is 9. The number of ether oxygens (including phenoxy) is 4. The van der Waals surface area contributed by atoms with Gasteiger partial charge in [-0.1, -0.05) is 6.07 Å². The van der Waals surface area contributed by atoms with Crippen LogP contribution in [0.5, 0.6) is 0 Å². The molecule has 1 aromatic rings. The Kier molecular flexibility index (Phi) is 7.65. The Bertz CT molecular complexity index is 989. The minimum Gasteiger partial charge on any atom is -0.466 e. The molecule has 0 aromatic heterocycles. The Morgan fingerprint density at radius 2 is 1.85 bits per heavy atom. The molecular formula is C23H30FN3O7. The number of para-hydroxylation sites is 1. The van der Waals surface area contributed by atoms with Crippen LogP contribution in [-0.4, -0.2) is 70.3 Å². The highest BCUT2D eigenvalue weighted by molar-refractivity contribution is 6.04. The topological polar surface area (TPSA) is 107 Å². The zero-order valence-electron chi connectivity index (χ0n) is 20.0. The summed E-state index contributed by atoms with van der Waals surface area (Å²) in [6.07, 6.45) is 0.0839. The molecular weight excluding hydrogens is 449 g/mol. The Morgan fingerprint density at radius 3 is 2.50 bits per heavy atom. The molecule has 0 radical (unpaired) electrons. The van der Waals surface area contributed by atoms with Gasteiger partial charge in [-0.2, -0.15) is 0 Å². The molecule has 1 unspecified atom stereocenters. The van der Waals surface area contributed by atoms with Gasteiger partial charge in [0.05, 0.1) is 38.1 Å².